The zero-order chi connectivity index (χ0) is 30.8. The molecule has 0 radical (unpaired) electrons. The summed E-state index contributed by atoms with van der Waals surface area (Å²) in [7, 11) is 1.58. The zero-order valence-corrected chi connectivity index (χ0v) is 23.3. The number of rotatable bonds is 10. The third-order valence-corrected chi connectivity index (χ3v) is 7.86. The van der Waals surface area contributed by atoms with E-state index in [4.69, 9.17) is 28.4 Å². The number of carbonyl (C=O) groups excluding carboxylic acids is 1. The van der Waals surface area contributed by atoms with Gasteiger partial charge < -0.3 is 64.2 Å². The molecule has 10 atom stereocenters. The van der Waals surface area contributed by atoms with Crippen molar-refractivity contribution in [2.45, 2.75) is 80.7 Å². The summed E-state index contributed by atoms with van der Waals surface area (Å²) in [6.07, 6.45) is -12.2. The van der Waals surface area contributed by atoms with Crippen molar-refractivity contribution in [3.63, 3.8) is 0 Å². The molecule has 2 aromatic carbocycles. The standard InChI is InChI=1S/C29H36O14/c1-38-15-5-2-13(3-6-15)4-7-16-8-14-9-17(10-18(31)21(14)27(37)40-16)41-29-26(36)24(34)23(33)20(43-29)12-39-28-25(35)22(32)19(11-30)42-28/h2-3,5-6,9-10,16,19-20,22-26,28-36H,4,7-8,11-12H2,1H3/t16-,19-,20+,22-,23+,24-,25+,26+,28+,29+/m0/s1. The number of ether oxygens (including phenoxy) is 6. The van der Waals surface area contributed by atoms with Crippen molar-refractivity contribution in [3.05, 3.63) is 53.1 Å². The van der Waals surface area contributed by atoms with Crippen LogP contribution in [0.4, 0.5) is 0 Å². The minimum absolute atomic E-state index is 0.00150. The first-order chi connectivity index (χ1) is 20.6. The third-order valence-electron chi connectivity index (χ3n) is 7.86. The van der Waals surface area contributed by atoms with E-state index in [1.165, 1.54) is 6.07 Å². The number of methoxy groups -OCH3 is 1. The number of benzene rings is 2. The molecule has 0 bridgehead atoms. The highest BCUT2D eigenvalue weighted by Crippen LogP contribution is 2.35. The number of aryl methyl sites for hydroxylation is 1. The lowest BCUT2D eigenvalue weighted by Gasteiger charge is -2.40. The minimum atomic E-state index is -1.72. The lowest BCUT2D eigenvalue weighted by Crippen LogP contribution is -2.60. The van der Waals surface area contributed by atoms with Gasteiger partial charge in [0.25, 0.3) is 0 Å². The van der Waals surface area contributed by atoms with Gasteiger partial charge in [-0.2, -0.15) is 0 Å². The van der Waals surface area contributed by atoms with Crippen LogP contribution in [-0.4, -0.2) is 123 Å². The smallest absolute Gasteiger partial charge is 0.342 e. The molecule has 3 aliphatic rings. The van der Waals surface area contributed by atoms with Crippen LogP contribution in [0.15, 0.2) is 36.4 Å². The van der Waals surface area contributed by atoms with Gasteiger partial charge in [-0.25, -0.2) is 4.79 Å². The number of esters is 1. The SMILES string of the molecule is COc1ccc(CC[C@H]2Cc3cc(O[C@@H]4O[C@H](CO[C@@H]5O[C@@H](CO)[C@H](O)[C@H]5O)[C@@H](O)[C@H](O)[C@H]4O)cc(O)c3C(=O)O2)cc1. The molecule has 0 aromatic heterocycles. The maximum absolute atomic E-state index is 12.7. The fourth-order valence-electron chi connectivity index (χ4n) is 5.38. The number of phenolic OH excluding ortho intramolecular Hbond substituents is 1. The highest BCUT2D eigenvalue weighted by Gasteiger charge is 2.47. The van der Waals surface area contributed by atoms with Gasteiger partial charge in [0.05, 0.1) is 20.3 Å². The van der Waals surface area contributed by atoms with Crippen molar-refractivity contribution in [1.82, 2.24) is 0 Å². The summed E-state index contributed by atoms with van der Waals surface area (Å²) in [6, 6.07) is 10.2. The van der Waals surface area contributed by atoms with Gasteiger partial charge in [-0.1, -0.05) is 12.1 Å². The molecule has 0 aliphatic carbocycles. The molecule has 0 saturated carbocycles. The Bertz CT molecular complexity index is 1250. The molecule has 7 N–H and O–H groups in total. The summed E-state index contributed by atoms with van der Waals surface area (Å²) in [5.41, 5.74) is 1.49. The molecule has 14 nitrogen and oxygen atoms in total. The van der Waals surface area contributed by atoms with Crippen LogP contribution in [-0.2, 0) is 31.8 Å². The molecule has 0 spiro atoms. The summed E-state index contributed by atoms with van der Waals surface area (Å²) < 4.78 is 32.8. The Morgan fingerprint density at radius 2 is 1.53 bits per heavy atom. The predicted molar refractivity (Wildman–Crippen MR) is 143 cm³/mol. The van der Waals surface area contributed by atoms with E-state index < -0.39 is 86.3 Å². The van der Waals surface area contributed by atoms with E-state index in [-0.39, 0.29) is 17.7 Å². The quantitative estimate of drug-likeness (QED) is 0.157. The van der Waals surface area contributed by atoms with Gasteiger partial charge in [-0.3, -0.25) is 0 Å². The molecule has 2 saturated heterocycles. The van der Waals surface area contributed by atoms with Gasteiger partial charge >= 0.3 is 5.97 Å². The van der Waals surface area contributed by atoms with Crippen molar-refractivity contribution in [2.75, 3.05) is 20.3 Å². The Labute approximate surface area is 246 Å². The fraction of sp³-hybridized carbons (Fsp3) is 0.552. The predicted octanol–water partition coefficient (Wildman–Crippen LogP) is -1.24. The molecule has 236 valence electrons. The van der Waals surface area contributed by atoms with E-state index in [2.05, 4.69) is 0 Å². The topological polar surface area (TPSA) is 214 Å². The summed E-state index contributed by atoms with van der Waals surface area (Å²) in [6.45, 7) is -1.01. The van der Waals surface area contributed by atoms with E-state index in [1.807, 2.05) is 24.3 Å². The largest absolute Gasteiger partial charge is 0.507 e. The van der Waals surface area contributed by atoms with Crippen LogP contribution < -0.4 is 9.47 Å². The van der Waals surface area contributed by atoms with Crippen molar-refractivity contribution in [2.24, 2.45) is 0 Å². The van der Waals surface area contributed by atoms with Crippen LogP contribution in [0.5, 0.6) is 17.2 Å². The number of phenols is 1. The maximum Gasteiger partial charge on any atom is 0.342 e. The number of hydrogen-bond acceptors (Lipinski definition) is 14. The number of carbonyl (C=O) groups is 1. The third kappa shape index (κ3) is 6.72. The Morgan fingerprint density at radius 1 is 0.860 bits per heavy atom. The Hall–Kier alpha value is -3.05. The molecule has 0 unspecified atom stereocenters. The second-order valence-electron chi connectivity index (χ2n) is 10.8. The normalized spacial score (nSPS) is 34.0. The monoisotopic (exact) mass is 608 g/mol. The second kappa shape index (κ2) is 13.3. The van der Waals surface area contributed by atoms with Crippen molar-refractivity contribution in [3.8, 4) is 17.2 Å². The first-order valence-electron chi connectivity index (χ1n) is 13.9. The highest BCUT2D eigenvalue weighted by atomic mass is 16.7. The summed E-state index contributed by atoms with van der Waals surface area (Å²) in [5, 5.41) is 71.2. The zero-order valence-electron chi connectivity index (χ0n) is 23.3. The number of aromatic hydroxyl groups is 1. The van der Waals surface area contributed by atoms with E-state index in [9.17, 15) is 40.5 Å². The minimum Gasteiger partial charge on any atom is -0.507 e. The summed E-state index contributed by atoms with van der Waals surface area (Å²) >= 11 is 0. The first-order valence-corrected chi connectivity index (χ1v) is 13.9. The van der Waals surface area contributed by atoms with Crippen molar-refractivity contribution < 1.29 is 69.0 Å². The van der Waals surface area contributed by atoms with Crippen molar-refractivity contribution >= 4 is 5.97 Å². The van der Waals surface area contributed by atoms with Gasteiger partial charge in [0, 0.05) is 12.5 Å². The lowest BCUT2D eigenvalue weighted by atomic mass is 9.94. The van der Waals surface area contributed by atoms with E-state index in [0.717, 1.165) is 17.4 Å². The molecule has 14 heteroatoms. The fourth-order valence-corrected chi connectivity index (χ4v) is 5.38. The first kappa shape index (κ1) is 31.4. The van der Waals surface area contributed by atoms with Crippen LogP contribution in [0.3, 0.4) is 0 Å². The van der Waals surface area contributed by atoms with Crippen LogP contribution >= 0.6 is 0 Å². The lowest BCUT2D eigenvalue weighted by molar-refractivity contribution is -0.290. The molecule has 43 heavy (non-hydrogen) atoms. The van der Waals surface area contributed by atoms with Gasteiger partial charge in [0.15, 0.2) is 6.29 Å². The van der Waals surface area contributed by atoms with Crippen LogP contribution in [0.2, 0.25) is 0 Å². The second-order valence-corrected chi connectivity index (χ2v) is 10.8. The molecule has 3 aliphatic heterocycles. The average Bonchev–Trinajstić information content (AvgIpc) is 3.27. The molecule has 0 amide bonds. The van der Waals surface area contributed by atoms with Gasteiger partial charge in [0.2, 0.25) is 6.29 Å². The maximum atomic E-state index is 12.7. The molecule has 3 heterocycles. The number of fused-ring (bicyclic) bond motifs is 1. The number of cyclic esters (lactones) is 1. The van der Waals surface area contributed by atoms with Crippen LogP contribution in [0.25, 0.3) is 0 Å². The van der Waals surface area contributed by atoms with E-state index in [1.54, 1.807) is 7.11 Å². The highest BCUT2D eigenvalue weighted by molar-refractivity contribution is 5.95. The Morgan fingerprint density at radius 3 is 2.21 bits per heavy atom. The Balaban J connectivity index is 1.24. The van der Waals surface area contributed by atoms with Crippen LogP contribution in [0.1, 0.15) is 27.9 Å². The average molecular weight is 609 g/mol. The number of hydrogen-bond donors (Lipinski definition) is 7. The Kier molecular flexibility index (Phi) is 9.70. The van der Waals surface area contributed by atoms with E-state index in [0.29, 0.717) is 18.4 Å². The number of aliphatic hydroxyl groups excluding tert-OH is 6. The van der Waals surface area contributed by atoms with Gasteiger partial charge in [-0.15, -0.1) is 0 Å². The summed E-state index contributed by atoms with van der Waals surface area (Å²) in [5.74, 6) is -0.327. The molecular weight excluding hydrogens is 572 g/mol. The van der Waals surface area contributed by atoms with Gasteiger partial charge in [-0.05, 0) is 42.2 Å². The summed E-state index contributed by atoms with van der Waals surface area (Å²) in [4.78, 5) is 12.7. The molecule has 2 aromatic rings. The molecular formula is C29H36O14. The van der Waals surface area contributed by atoms with Gasteiger partial charge in [0.1, 0.15) is 71.6 Å². The van der Waals surface area contributed by atoms with Crippen LogP contribution in [0, 0.1) is 0 Å². The van der Waals surface area contributed by atoms with Crippen molar-refractivity contribution in [1.29, 1.82) is 0 Å². The molecule has 5 rings (SSSR count). The number of aliphatic hydroxyl groups is 6. The van der Waals surface area contributed by atoms with E-state index >= 15 is 0 Å². The molecule has 2 fully saturated rings.